The normalized spacial score (nSPS) is 19.5. The fourth-order valence-electron chi connectivity index (χ4n) is 5.59. The molecular formula is C29H30F2N6O3. The minimum absolute atomic E-state index is 0.0727. The summed E-state index contributed by atoms with van der Waals surface area (Å²) in [6.45, 7) is 3.85. The number of carbonyl (C=O) groups excluding carboxylic acids is 1. The maximum atomic E-state index is 13.5. The van der Waals surface area contributed by atoms with E-state index in [1.54, 1.807) is 11.1 Å². The number of rotatable bonds is 7. The molecule has 3 aromatic heterocycles. The molecule has 0 N–H and O–H groups in total. The van der Waals surface area contributed by atoms with E-state index in [0.717, 1.165) is 17.0 Å². The number of ether oxygens (including phenoxy) is 2. The van der Waals surface area contributed by atoms with Crippen molar-refractivity contribution >= 4 is 11.7 Å². The van der Waals surface area contributed by atoms with Crippen LogP contribution < -0.4 is 4.74 Å². The highest BCUT2D eigenvalue weighted by atomic mass is 19.3. The van der Waals surface area contributed by atoms with Gasteiger partial charge in [-0.3, -0.25) is 14.1 Å². The number of benzene rings is 1. The molecule has 9 nitrogen and oxygen atoms in total. The van der Waals surface area contributed by atoms with E-state index in [1.165, 1.54) is 23.8 Å². The van der Waals surface area contributed by atoms with Gasteiger partial charge in [-0.25, -0.2) is 15.0 Å². The average molecular weight is 549 g/mol. The van der Waals surface area contributed by atoms with E-state index in [-0.39, 0.29) is 29.6 Å². The van der Waals surface area contributed by atoms with E-state index >= 15 is 0 Å². The predicted molar refractivity (Wildman–Crippen MR) is 143 cm³/mol. The summed E-state index contributed by atoms with van der Waals surface area (Å²) in [5.74, 6) is 0.472. The zero-order valence-electron chi connectivity index (χ0n) is 22.3. The molecule has 4 aromatic rings. The van der Waals surface area contributed by atoms with Crippen LogP contribution in [0.3, 0.4) is 0 Å². The molecule has 2 aliphatic rings. The summed E-state index contributed by atoms with van der Waals surface area (Å²) < 4.78 is 37.6. The molecule has 11 heteroatoms. The summed E-state index contributed by atoms with van der Waals surface area (Å²) in [4.78, 5) is 31.0. The highest BCUT2D eigenvalue weighted by Crippen LogP contribution is 2.30. The van der Waals surface area contributed by atoms with Gasteiger partial charge in [0.25, 0.3) is 5.91 Å². The van der Waals surface area contributed by atoms with Gasteiger partial charge in [0.1, 0.15) is 5.69 Å². The lowest BCUT2D eigenvalue weighted by atomic mass is 10.00. The summed E-state index contributed by atoms with van der Waals surface area (Å²) in [7, 11) is 0. The van der Waals surface area contributed by atoms with Crippen molar-refractivity contribution in [1.29, 1.82) is 0 Å². The Hall–Kier alpha value is -3.96. The van der Waals surface area contributed by atoms with Gasteiger partial charge in [-0.15, -0.1) is 0 Å². The maximum Gasteiger partial charge on any atom is 0.388 e. The van der Waals surface area contributed by atoms with Gasteiger partial charge in [0.2, 0.25) is 11.7 Å². The molecule has 40 heavy (non-hydrogen) atoms. The van der Waals surface area contributed by atoms with Crippen molar-refractivity contribution in [2.75, 3.05) is 26.3 Å². The Kier molecular flexibility index (Phi) is 7.16. The van der Waals surface area contributed by atoms with Crippen molar-refractivity contribution in [1.82, 2.24) is 29.2 Å². The van der Waals surface area contributed by atoms with E-state index in [1.807, 2.05) is 16.7 Å². The van der Waals surface area contributed by atoms with Crippen molar-refractivity contribution in [2.24, 2.45) is 0 Å². The molecule has 0 aliphatic carbocycles. The second-order valence-electron chi connectivity index (χ2n) is 10.5. The van der Waals surface area contributed by atoms with Gasteiger partial charge < -0.3 is 14.4 Å². The Morgan fingerprint density at radius 3 is 2.50 bits per heavy atom. The molecule has 0 radical (unpaired) electrons. The summed E-state index contributed by atoms with van der Waals surface area (Å²) in [6.07, 6.45) is 3.71. The molecule has 6 rings (SSSR count). The molecule has 2 atom stereocenters. The summed E-state index contributed by atoms with van der Waals surface area (Å²) >= 11 is 0. The molecule has 1 amide bonds. The van der Waals surface area contributed by atoms with Crippen LogP contribution in [0.25, 0.3) is 17.0 Å². The lowest BCUT2D eigenvalue weighted by Gasteiger charge is -2.49. The summed E-state index contributed by atoms with van der Waals surface area (Å²) in [5, 5.41) is 0. The second kappa shape index (κ2) is 10.9. The highest BCUT2D eigenvalue weighted by molar-refractivity contribution is 5.93. The van der Waals surface area contributed by atoms with Crippen LogP contribution in [0.1, 0.15) is 41.5 Å². The van der Waals surface area contributed by atoms with Crippen LogP contribution in [0.4, 0.5) is 8.78 Å². The van der Waals surface area contributed by atoms with Crippen LogP contribution in [0.2, 0.25) is 0 Å². The van der Waals surface area contributed by atoms with Crippen molar-refractivity contribution in [2.45, 2.75) is 45.0 Å². The Bertz CT molecular complexity index is 1500. The van der Waals surface area contributed by atoms with Gasteiger partial charge in [0.05, 0.1) is 36.7 Å². The molecule has 208 valence electrons. The number of hydrogen-bond donors (Lipinski definition) is 0. The number of piperazine rings is 1. The summed E-state index contributed by atoms with van der Waals surface area (Å²) in [6, 6.07) is 14.3. The molecule has 1 aromatic carbocycles. The van der Waals surface area contributed by atoms with Crippen LogP contribution in [0, 0.1) is 0 Å². The minimum Gasteiger partial charge on any atom is -0.417 e. The third kappa shape index (κ3) is 5.14. The van der Waals surface area contributed by atoms with Crippen molar-refractivity contribution < 1.29 is 23.0 Å². The molecule has 2 fully saturated rings. The lowest BCUT2D eigenvalue weighted by molar-refractivity contribution is -0.0819. The fourth-order valence-corrected chi connectivity index (χ4v) is 5.59. The van der Waals surface area contributed by atoms with Gasteiger partial charge in [0, 0.05) is 43.7 Å². The Balaban J connectivity index is 1.26. The van der Waals surface area contributed by atoms with E-state index < -0.39 is 6.61 Å². The Labute approximate surface area is 230 Å². The minimum atomic E-state index is -3.01. The summed E-state index contributed by atoms with van der Waals surface area (Å²) in [5.41, 5.74) is 4.27. The van der Waals surface area contributed by atoms with E-state index in [2.05, 4.69) is 57.7 Å². The molecule has 2 bridgehead atoms. The zero-order valence-corrected chi connectivity index (χ0v) is 22.3. The first kappa shape index (κ1) is 26.3. The molecule has 0 saturated carbocycles. The van der Waals surface area contributed by atoms with E-state index in [4.69, 9.17) is 9.72 Å². The van der Waals surface area contributed by atoms with Crippen molar-refractivity contribution in [3.05, 3.63) is 77.9 Å². The molecule has 0 spiro atoms. The number of halogens is 2. The smallest absolute Gasteiger partial charge is 0.388 e. The number of hydrogen-bond acceptors (Lipinski definition) is 7. The van der Waals surface area contributed by atoms with E-state index in [9.17, 15) is 13.6 Å². The highest BCUT2D eigenvalue weighted by Gasteiger charge is 2.42. The number of aromatic nitrogens is 4. The largest absolute Gasteiger partial charge is 0.417 e. The molecule has 2 unspecified atom stereocenters. The number of morpholine rings is 1. The van der Waals surface area contributed by atoms with Crippen LogP contribution in [-0.2, 0) is 11.3 Å². The first-order chi connectivity index (χ1) is 19.4. The second-order valence-corrected chi connectivity index (χ2v) is 10.5. The van der Waals surface area contributed by atoms with Crippen LogP contribution in [-0.4, -0.2) is 80.1 Å². The average Bonchev–Trinajstić information content (AvgIpc) is 3.30. The third-order valence-electron chi connectivity index (χ3n) is 7.46. The lowest BCUT2D eigenvalue weighted by Crippen LogP contribution is -2.66. The van der Waals surface area contributed by atoms with Crippen LogP contribution in [0.5, 0.6) is 5.88 Å². The Morgan fingerprint density at radius 1 is 1.05 bits per heavy atom. The number of imidazole rings is 1. The standard InChI is InChI=1S/C29H30F2N6O3/c1-18(2)19-7-9-20(10-8-19)26-24(36-12-4-11-32-29(36)34-26)15-35-13-21-16-39-17-22(14-35)37(21)27(38)23-5-3-6-25(33-23)40-28(30)31/h3-12,18,21-22,28H,13-17H2,1-2H3. The quantitative estimate of drug-likeness (QED) is 0.342. The number of amides is 1. The first-order valence-electron chi connectivity index (χ1n) is 13.3. The van der Waals surface area contributed by atoms with Crippen LogP contribution >= 0.6 is 0 Å². The molecular weight excluding hydrogens is 518 g/mol. The van der Waals surface area contributed by atoms with Crippen molar-refractivity contribution in [3.63, 3.8) is 0 Å². The van der Waals surface area contributed by atoms with Gasteiger partial charge in [-0.1, -0.05) is 44.2 Å². The maximum absolute atomic E-state index is 13.5. The first-order valence-corrected chi connectivity index (χ1v) is 13.3. The number of pyridine rings is 1. The third-order valence-corrected chi connectivity index (χ3v) is 7.46. The monoisotopic (exact) mass is 548 g/mol. The Morgan fingerprint density at radius 2 is 1.80 bits per heavy atom. The van der Waals surface area contributed by atoms with Gasteiger partial charge in [-0.2, -0.15) is 8.78 Å². The van der Waals surface area contributed by atoms with E-state index in [0.29, 0.717) is 44.5 Å². The van der Waals surface area contributed by atoms with Crippen molar-refractivity contribution in [3.8, 4) is 17.1 Å². The molecule has 5 heterocycles. The van der Waals surface area contributed by atoms with Crippen LogP contribution in [0.15, 0.2) is 60.9 Å². The number of carbonyl (C=O) groups is 1. The fraction of sp³-hybridized carbons (Fsp3) is 0.379. The van der Waals surface area contributed by atoms with Gasteiger partial charge >= 0.3 is 6.61 Å². The van der Waals surface area contributed by atoms with Gasteiger partial charge in [-0.05, 0) is 23.6 Å². The topological polar surface area (TPSA) is 85.1 Å². The SMILES string of the molecule is CC(C)c1ccc(-c2nc3ncccn3c2CN2CC3COCC(C2)N3C(=O)c2cccc(OC(F)F)n2)cc1. The zero-order chi connectivity index (χ0) is 27.8. The number of nitrogens with zero attached hydrogens (tertiary/aromatic N) is 6. The molecule has 2 aliphatic heterocycles. The van der Waals surface area contributed by atoms with Gasteiger partial charge in [0.15, 0.2) is 0 Å². The number of fused-ring (bicyclic) bond motifs is 3. The predicted octanol–water partition coefficient (Wildman–Crippen LogP) is 4.24. The molecule has 2 saturated heterocycles. The number of alkyl halides is 2.